The van der Waals surface area contributed by atoms with Crippen molar-refractivity contribution in [2.45, 2.75) is 17.4 Å². The summed E-state index contributed by atoms with van der Waals surface area (Å²) in [5, 5.41) is 3.07. The summed E-state index contributed by atoms with van der Waals surface area (Å²) < 4.78 is 37.3. The highest BCUT2D eigenvalue weighted by molar-refractivity contribution is 9.09. The van der Waals surface area contributed by atoms with Gasteiger partial charge in [-0.05, 0) is 30.2 Å². The van der Waals surface area contributed by atoms with Gasteiger partial charge in [0.1, 0.15) is 0 Å². The van der Waals surface area contributed by atoms with Gasteiger partial charge < -0.3 is 5.32 Å². The van der Waals surface area contributed by atoms with Gasteiger partial charge >= 0.3 is 6.18 Å². The molecule has 5 heteroatoms. The van der Waals surface area contributed by atoms with Crippen LogP contribution in [0.3, 0.4) is 0 Å². The molecule has 0 aliphatic carbocycles. The maximum absolute atomic E-state index is 12.4. The molecular formula is C10H9BrF3N. The predicted molar refractivity (Wildman–Crippen MR) is 56.2 cm³/mol. The quantitative estimate of drug-likeness (QED) is 0.709. The van der Waals surface area contributed by atoms with Gasteiger partial charge in [0.15, 0.2) is 0 Å². The molecule has 1 aromatic carbocycles. The van der Waals surface area contributed by atoms with Gasteiger partial charge in [-0.3, -0.25) is 0 Å². The van der Waals surface area contributed by atoms with Crippen LogP contribution in [0.1, 0.15) is 22.4 Å². The Morgan fingerprint density at radius 2 is 2.07 bits per heavy atom. The van der Waals surface area contributed by atoms with E-state index in [4.69, 9.17) is 0 Å². The smallest absolute Gasteiger partial charge is 0.385 e. The third kappa shape index (κ3) is 2.12. The van der Waals surface area contributed by atoms with Crippen LogP contribution in [0.5, 0.6) is 0 Å². The SMILES string of the molecule is FC(F)(F)c1ccc2c(c1)C(Br)CCN2. The Labute approximate surface area is 93.8 Å². The first kappa shape index (κ1) is 10.8. The van der Waals surface area contributed by atoms with Crippen molar-refractivity contribution in [2.75, 3.05) is 11.9 Å². The second kappa shape index (κ2) is 3.70. The number of halogens is 4. The van der Waals surface area contributed by atoms with E-state index in [1.807, 2.05) is 0 Å². The maximum Gasteiger partial charge on any atom is 0.416 e. The van der Waals surface area contributed by atoms with Crippen LogP contribution < -0.4 is 5.32 Å². The van der Waals surface area contributed by atoms with E-state index in [9.17, 15) is 13.2 Å². The first-order chi connectivity index (χ1) is 6.98. The Balaban J connectivity index is 2.44. The van der Waals surface area contributed by atoms with Gasteiger partial charge in [-0.25, -0.2) is 0 Å². The van der Waals surface area contributed by atoms with E-state index in [0.717, 1.165) is 24.7 Å². The monoisotopic (exact) mass is 279 g/mol. The van der Waals surface area contributed by atoms with E-state index >= 15 is 0 Å². The lowest BCUT2D eigenvalue weighted by atomic mass is 10.0. The molecule has 0 spiro atoms. The Morgan fingerprint density at radius 3 is 2.73 bits per heavy atom. The van der Waals surface area contributed by atoms with Gasteiger partial charge in [-0.2, -0.15) is 13.2 Å². The topological polar surface area (TPSA) is 12.0 Å². The van der Waals surface area contributed by atoms with Gasteiger partial charge in [0.05, 0.1) is 5.56 Å². The second-order valence-corrected chi connectivity index (χ2v) is 4.59. The standard InChI is InChI=1S/C10H9BrF3N/c11-8-3-4-15-9-2-1-6(5-7(8)9)10(12,13)14/h1-2,5,8,15H,3-4H2. The Kier molecular flexibility index (Phi) is 2.66. The summed E-state index contributed by atoms with van der Waals surface area (Å²) in [6.45, 7) is 0.786. The lowest BCUT2D eigenvalue weighted by molar-refractivity contribution is -0.137. The minimum absolute atomic E-state index is 0.0102. The molecule has 0 fully saturated rings. The van der Waals surface area contributed by atoms with Crippen molar-refractivity contribution < 1.29 is 13.2 Å². The van der Waals surface area contributed by atoms with Crippen LogP contribution in [0.4, 0.5) is 18.9 Å². The molecule has 1 nitrogen and oxygen atoms in total. The maximum atomic E-state index is 12.4. The van der Waals surface area contributed by atoms with Crippen LogP contribution in [0.25, 0.3) is 0 Å². The summed E-state index contributed by atoms with van der Waals surface area (Å²) in [6, 6.07) is 3.81. The van der Waals surface area contributed by atoms with E-state index in [-0.39, 0.29) is 4.83 Å². The van der Waals surface area contributed by atoms with E-state index in [1.165, 1.54) is 12.1 Å². The van der Waals surface area contributed by atoms with Gasteiger partial charge in [0.25, 0.3) is 0 Å². The lowest BCUT2D eigenvalue weighted by Gasteiger charge is -2.23. The fraction of sp³-hybridized carbons (Fsp3) is 0.400. The van der Waals surface area contributed by atoms with Gasteiger partial charge in [-0.1, -0.05) is 15.9 Å². The van der Waals surface area contributed by atoms with E-state index < -0.39 is 11.7 Å². The fourth-order valence-electron chi connectivity index (χ4n) is 1.65. The van der Waals surface area contributed by atoms with Crippen LogP contribution in [0, 0.1) is 0 Å². The highest BCUT2D eigenvalue weighted by atomic mass is 79.9. The molecule has 1 heterocycles. The Hall–Kier alpha value is -0.710. The third-order valence-electron chi connectivity index (χ3n) is 2.43. The zero-order valence-electron chi connectivity index (χ0n) is 7.74. The first-order valence-corrected chi connectivity index (χ1v) is 5.49. The second-order valence-electron chi connectivity index (χ2n) is 3.48. The minimum atomic E-state index is -4.26. The Morgan fingerprint density at radius 1 is 1.33 bits per heavy atom. The van der Waals surface area contributed by atoms with Crippen molar-refractivity contribution >= 4 is 21.6 Å². The number of fused-ring (bicyclic) bond motifs is 1. The summed E-state index contributed by atoms with van der Waals surface area (Å²) in [6.07, 6.45) is -3.46. The summed E-state index contributed by atoms with van der Waals surface area (Å²) >= 11 is 3.38. The first-order valence-electron chi connectivity index (χ1n) is 4.57. The van der Waals surface area contributed by atoms with Gasteiger partial charge in [0, 0.05) is 17.1 Å². The van der Waals surface area contributed by atoms with Crippen molar-refractivity contribution in [1.29, 1.82) is 0 Å². The predicted octanol–water partition coefficient (Wildman–Crippen LogP) is 3.96. The van der Waals surface area contributed by atoms with E-state index in [2.05, 4.69) is 21.2 Å². The number of nitrogens with one attached hydrogen (secondary N) is 1. The highest BCUT2D eigenvalue weighted by Gasteiger charge is 2.32. The molecule has 82 valence electrons. The van der Waals surface area contributed by atoms with Crippen molar-refractivity contribution in [3.8, 4) is 0 Å². The largest absolute Gasteiger partial charge is 0.416 e. The van der Waals surface area contributed by atoms with Crippen molar-refractivity contribution in [3.63, 3.8) is 0 Å². The van der Waals surface area contributed by atoms with Crippen molar-refractivity contribution in [3.05, 3.63) is 29.3 Å². The average molecular weight is 280 g/mol. The number of anilines is 1. The fourth-order valence-corrected chi connectivity index (χ4v) is 2.26. The molecule has 0 aromatic heterocycles. The molecule has 0 saturated heterocycles. The number of hydrogen-bond acceptors (Lipinski definition) is 1. The molecule has 2 rings (SSSR count). The van der Waals surface area contributed by atoms with Crippen LogP contribution in [-0.2, 0) is 6.18 Å². The summed E-state index contributed by atoms with van der Waals surface area (Å²) in [7, 11) is 0. The molecule has 1 unspecified atom stereocenters. The molecule has 0 bridgehead atoms. The summed E-state index contributed by atoms with van der Waals surface area (Å²) in [4.78, 5) is 0.0102. The number of benzene rings is 1. The Bertz CT molecular complexity index is 375. The van der Waals surface area contributed by atoms with Crippen molar-refractivity contribution in [1.82, 2.24) is 0 Å². The van der Waals surface area contributed by atoms with Crippen LogP contribution in [0.2, 0.25) is 0 Å². The third-order valence-corrected chi connectivity index (χ3v) is 3.38. The summed E-state index contributed by atoms with van der Waals surface area (Å²) in [5.74, 6) is 0. The summed E-state index contributed by atoms with van der Waals surface area (Å²) in [5.41, 5.74) is 0.890. The van der Waals surface area contributed by atoms with E-state index in [1.54, 1.807) is 0 Å². The van der Waals surface area contributed by atoms with Crippen molar-refractivity contribution in [2.24, 2.45) is 0 Å². The molecule has 1 aromatic rings. The molecular weight excluding hydrogens is 271 g/mol. The normalized spacial score (nSPS) is 20.7. The molecule has 1 aliphatic rings. The van der Waals surface area contributed by atoms with E-state index in [0.29, 0.717) is 5.56 Å². The molecule has 1 N–H and O–H groups in total. The molecule has 15 heavy (non-hydrogen) atoms. The zero-order valence-corrected chi connectivity index (χ0v) is 9.32. The molecule has 1 atom stereocenters. The molecule has 0 amide bonds. The lowest BCUT2D eigenvalue weighted by Crippen LogP contribution is -2.15. The number of alkyl halides is 4. The number of rotatable bonds is 0. The van der Waals surface area contributed by atoms with Crippen LogP contribution in [-0.4, -0.2) is 6.54 Å². The average Bonchev–Trinajstić information content (AvgIpc) is 2.16. The van der Waals surface area contributed by atoms with Crippen LogP contribution in [0.15, 0.2) is 18.2 Å². The zero-order chi connectivity index (χ0) is 11.1. The highest BCUT2D eigenvalue weighted by Crippen LogP contribution is 2.39. The molecule has 1 aliphatic heterocycles. The minimum Gasteiger partial charge on any atom is -0.385 e. The van der Waals surface area contributed by atoms with Crippen LogP contribution >= 0.6 is 15.9 Å². The molecule has 0 saturated carbocycles. The van der Waals surface area contributed by atoms with Gasteiger partial charge in [0.2, 0.25) is 0 Å². The molecule has 0 radical (unpaired) electrons. The van der Waals surface area contributed by atoms with Gasteiger partial charge in [-0.15, -0.1) is 0 Å². The number of hydrogen-bond donors (Lipinski definition) is 1.